The Balaban J connectivity index is 2.48. The van der Waals surface area contributed by atoms with Crippen LogP contribution in [0.15, 0.2) is 30.3 Å². The zero-order chi connectivity index (χ0) is 8.81. The molecule has 0 bridgehead atoms. The monoisotopic (exact) mass is 166 g/mol. The molecule has 2 heteroatoms. The first-order valence-electron chi connectivity index (χ1n) is 4.06. The molecule has 0 saturated carbocycles. The van der Waals surface area contributed by atoms with Crippen molar-refractivity contribution in [2.75, 3.05) is 13.7 Å². The Morgan fingerprint density at radius 1 is 1.33 bits per heavy atom. The van der Waals surface area contributed by atoms with E-state index in [2.05, 4.69) is 0 Å². The van der Waals surface area contributed by atoms with Crippen molar-refractivity contribution in [3.63, 3.8) is 0 Å². The molecule has 0 aliphatic heterocycles. The van der Waals surface area contributed by atoms with E-state index < -0.39 is 6.10 Å². The number of hydrogen-bond acceptors (Lipinski definition) is 2. The van der Waals surface area contributed by atoms with E-state index in [1.807, 2.05) is 30.3 Å². The van der Waals surface area contributed by atoms with Gasteiger partial charge in [-0.1, -0.05) is 30.3 Å². The van der Waals surface area contributed by atoms with Crippen LogP contribution in [0.3, 0.4) is 0 Å². The molecule has 0 aromatic heterocycles. The summed E-state index contributed by atoms with van der Waals surface area (Å²) < 4.78 is 4.87. The molecule has 0 heterocycles. The van der Waals surface area contributed by atoms with Gasteiger partial charge in [0, 0.05) is 20.1 Å². The highest BCUT2D eigenvalue weighted by Crippen LogP contribution is 2.15. The molecule has 1 rings (SSSR count). The minimum Gasteiger partial charge on any atom is -0.388 e. The Morgan fingerprint density at radius 3 is 2.58 bits per heavy atom. The van der Waals surface area contributed by atoms with Gasteiger partial charge in [-0.25, -0.2) is 0 Å². The molecule has 2 nitrogen and oxygen atoms in total. The van der Waals surface area contributed by atoms with Crippen molar-refractivity contribution in [1.29, 1.82) is 0 Å². The summed E-state index contributed by atoms with van der Waals surface area (Å²) in [5, 5.41) is 9.57. The van der Waals surface area contributed by atoms with Crippen LogP contribution in [-0.4, -0.2) is 18.8 Å². The largest absolute Gasteiger partial charge is 0.388 e. The first kappa shape index (κ1) is 9.23. The lowest BCUT2D eigenvalue weighted by Crippen LogP contribution is -2.01. The molecule has 1 atom stereocenters. The van der Waals surface area contributed by atoms with Gasteiger partial charge in [0.15, 0.2) is 0 Å². The van der Waals surface area contributed by atoms with E-state index >= 15 is 0 Å². The molecule has 0 fully saturated rings. The molecule has 0 unspecified atom stereocenters. The predicted molar refractivity (Wildman–Crippen MR) is 47.9 cm³/mol. The third-order valence-electron chi connectivity index (χ3n) is 1.78. The Morgan fingerprint density at radius 2 is 2.00 bits per heavy atom. The van der Waals surface area contributed by atoms with E-state index in [0.717, 1.165) is 5.56 Å². The van der Waals surface area contributed by atoms with Crippen LogP contribution in [0.1, 0.15) is 18.1 Å². The van der Waals surface area contributed by atoms with Crippen LogP contribution in [-0.2, 0) is 4.74 Å². The number of aliphatic hydroxyl groups excluding tert-OH is 1. The second-order valence-electron chi connectivity index (χ2n) is 2.71. The van der Waals surface area contributed by atoms with E-state index in [4.69, 9.17) is 4.74 Å². The fourth-order valence-electron chi connectivity index (χ4n) is 1.07. The van der Waals surface area contributed by atoms with Gasteiger partial charge in [0.2, 0.25) is 0 Å². The van der Waals surface area contributed by atoms with Gasteiger partial charge in [-0.2, -0.15) is 0 Å². The topological polar surface area (TPSA) is 29.5 Å². The highest BCUT2D eigenvalue weighted by Gasteiger charge is 2.04. The van der Waals surface area contributed by atoms with Gasteiger partial charge in [-0.05, 0) is 5.56 Å². The summed E-state index contributed by atoms with van der Waals surface area (Å²) >= 11 is 0. The van der Waals surface area contributed by atoms with E-state index in [1.165, 1.54) is 0 Å². The lowest BCUT2D eigenvalue weighted by Gasteiger charge is -2.09. The maximum Gasteiger partial charge on any atom is 0.0812 e. The van der Waals surface area contributed by atoms with Gasteiger partial charge in [-0.3, -0.25) is 0 Å². The van der Waals surface area contributed by atoms with Crippen molar-refractivity contribution >= 4 is 0 Å². The summed E-state index contributed by atoms with van der Waals surface area (Å²) in [5.41, 5.74) is 0.953. The van der Waals surface area contributed by atoms with Crippen LogP contribution in [0.4, 0.5) is 0 Å². The van der Waals surface area contributed by atoms with Crippen molar-refractivity contribution in [3.8, 4) is 0 Å². The summed E-state index contributed by atoms with van der Waals surface area (Å²) in [4.78, 5) is 0. The Bertz CT molecular complexity index is 208. The smallest absolute Gasteiger partial charge is 0.0812 e. The minimum atomic E-state index is -0.397. The lowest BCUT2D eigenvalue weighted by atomic mass is 10.1. The maximum atomic E-state index is 9.57. The normalized spacial score (nSPS) is 12.8. The van der Waals surface area contributed by atoms with E-state index in [9.17, 15) is 5.11 Å². The highest BCUT2D eigenvalue weighted by atomic mass is 16.5. The molecule has 0 spiro atoms. The van der Waals surface area contributed by atoms with Gasteiger partial charge in [0.05, 0.1) is 6.10 Å². The van der Waals surface area contributed by atoms with Crippen molar-refractivity contribution in [2.24, 2.45) is 0 Å². The van der Waals surface area contributed by atoms with E-state index in [-0.39, 0.29) is 0 Å². The van der Waals surface area contributed by atoms with Crippen LogP contribution in [0, 0.1) is 0 Å². The number of hydrogen-bond donors (Lipinski definition) is 1. The minimum absolute atomic E-state index is 0.397. The number of rotatable bonds is 4. The summed E-state index contributed by atoms with van der Waals surface area (Å²) in [7, 11) is 1.64. The Hall–Kier alpha value is -0.860. The highest BCUT2D eigenvalue weighted by molar-refractivity contribution is 5.16. The summed E-state index contributed by atoms with van der Waals surface area (Å²) in [5.74, 6) is 0. The van der Waals surface area contributed by atoms with Crippen LogP contribution in [0.2, 0.25) is 0 Å². The van der Waals surface area contributed by atoms with Gasteiger partial charge < -0.3 is 9.84 Å². The second-order valence-corrected chi connectivity index (χ2v) is 2.71. The van der Waals surface area contributed by atoms with Crippen LogP contribution >= 0.6 is 0 Å². The predicted octanol–water partition coefficient (Wildman–Crippen LogP) is 1.76. The number of benzene rings is 1. The lowest BCUT2D eigenvalue weighted by molar-refractivity contribution is 0.110. The molecular formula is C10H14O2. The summed E-state index contributed by atoms with van der Waals surface area (Å²) in [6, 6.07) is 9.61. The second kappa shape index (κ2) is 4.91. The maximum absolute atomic E-state index is 9.57. The first-order chi connectivity index (χ1) is 5.84. The molecule has 1 aromatic carbocycles. The molecule has 0 aliphatic carbocycles. The van der Waals surface area contributed by atoms with E-state index in [0.29, 0.717) is 13.0 Å². The molecular weight excluding hydrogens is 152 g/mol. The average Bonchev–Trinajstić information content (AvgIpc) is 2.15. The number of aliphatic hydroxyl groups is 1. The zero-order valence-corrected chi connectivity index (χ0v) is 7.23. The third-order valence-corrected chi connectivity index (χ3v) is 1.78. The van der Waals surface area contributed by atoms with Crippen LogP contribution in [0.25, 0.3) is 0 Å². The number of methoxy groups -OCH3 is 1. The molecule has 1 aromatic rings. The Labute approximate surface area is 72.8 Å². The molecule has 0 radical (unpaired) electrons. The molecule has 0 aliphatic rings. The van der Waals surface area contributed by atoms with Gasteiger partial charge in [0.25, 0.3) is 0 Å². The van der Waals surface area contributed by atoms with E-state index in [1.54, 1.807) is 7.11 Å². The molecule has 0 saturated heterocycles. The fraction of sp³-hybridized carbons (Fsp3) is 0.400. The van der Waals surface area contributed by atoms with Crippen molar-refractivity contribution in [3.05, 3.63) is 35.9 Å². The summed E-state index contributed by atoms with van der Waals surface area (Å²) in [6.07, 6.45) is 0.256. The quantitative estimate of drug-likeness (QED) is 0.738. The number of ether oxygens (including phenoxy) is 1. The standard InChI is InChI=1S/C10H14O2/c1-12-8-7-10(11)9-5-3-2-4-6-9/h2-6,10-11H,7-8H2,1H3/t10-/m0/s1. The van der Waals surface area contributed by atoms with Crippen molar-refractivity contribution in [1.82, 2.24) is 0 Å². The Kier molecular flexibility index (Phi) is 3.77. The third kappa shape index (κ3) is 2.64. The average molecular weight is 166 g/mol. The molecule has 1 N–H and O–H groups in total. The van der Waals surface area contributed by atoms with Crippen LogP contribution in [0.5, 0.6) is 0 Å². The molecule has 12 heavy (non-hydrogen) atoms. The summed E-state index contributed by atoms with van der Waals surface area (Å²) in [6.45, 7) is 0.593. The molecule has 0 amide bonds. The van der Waals surface area contributed by atoms with Crippen molar-refractivity contribution < 1.29 is 9.84 Å². The SMILES string of the molecule is COCC[C@H](O)c1ccccc1. The van der Waals surface area contributed by atoms with Gasteiger partial charge >= 0.3 is 0 Å². The zero-order valence-electron chi connectivity index (χ0n) is 7.23. The van der Waals surface area contributed by atoms with Gasteiger partial charge in [0.1, 0.15) is 0 Å². The first-order valence-corrected chi connectivity index (χ1v) is 4.06. The van der Waals surface area contributed by atoms with Crippen molar-refractivity contribution in [2.45, 2.75) is 12.5 Å². The molecule has 66 valence electrons. The van der Waals surface area contributed by atoms with Crippen LogP contribution < -0.4 is 0 Å². The fourth-order valence-corrected chi connectivity index (χ4v) is 1.07. The van der Waals surface area contributed by atoms with Gasteiger partial charge in [-0.15, -0.1) is 0 Å².